The molecule has 6 rings (SSSR count). The largest absolute Gasteiger partial charge is 0.472 e. The molecule has 0 N–H and O–H groups in total. The molecular formula is C29H25Cl2N5O3. The molecule has 1 aliphatic rings. The number of rotatable bonds is 6. The van der Waals surface area contributed by atoms with Crippen molar-refractivity contribution < 1.29 is 13.9 Å². The van der Waals surface area contributed by atoms with Gasteiger partial charge in [0.1, 0.15) is 12.2 Å². The number of hydrogen-bond donors (Lipinski definition) is 0. The Morgan fingerprint density at radius 2 is 1.90 bits per heavy atom. The van der Waals surface area contributed by atoms with Gasteiger partial charge >= 0.3 is 0 Å². The second-order valence-electron chi connectivity index (χ2n) is 9.62. The van der Waals surface area contributed by atoms with E-state index >= 15 is 0 Å². The van der Waals surface area contributed by atoms with Gasteiger partial charge in [-0.1, -0.05) is 58.7 Å². The van der Waals surface area contributed by atoms with Crippen molar-refractivity contribution in [3.8, 4) is 17.1 Å². The fraction of sp³-hybridized carbons (Fsp3) is 0.241. The minimum Gasteiger partial charge on any atom is -0.472 e. The Morgan fingerprint density at radius 1 is 1.10 bits per heavy atom. The van der Waals surface area contributed by atoms with Gasteiger partial charge in [0.15, 0.2) is 0 Å². The van der Waals surface area contributed by atoms with Crippen molar-refractivity contribution in [3.63, 3.8) is 0 Å². The maximum Gasteiger partial charge on any atom is 0.256 e. The third-order valence-corrected chi connectivity index (χ3v) is 7.85. The van der Waals surface area contributed by atoms with Crippen LogP contribution >= 0.6 is 23.2 Å². The number of carbonyl (C=O) groups is 1. The molecule has 5 aromatic rings. The number of amides is 1. The van der Waals surface area contributed by atoms with E-state index in [-0.39, 0.29) is 12.5 Å². The fourth-order valence-electron chi connectivity index (χ4n) is 5.17. The van der Waals surface area contributed by atoms with E-state index in [1.165, 1.54) is 0 Å². The summed E-state index contributed by atoms with van der Waals surface area (Å²) >= 11 is 13.6. The highest BCUT2D eigenvalue weighted by atomic mass is 35.5. The first-order valence-corrected chi connectivity index (χ1v) is 13.3. The van der Waals surface area contributed by atoms with Crippen molar-refractivity contribution in [3.05, 3.63) is 92.4 Å². The zero-order valence-corrected chi connectivity index (χ0v) is 23.2. The number of pyridine rings is 1. The van der Waals surface area contributed by atoms with Crippen molar-refractivity contribution in [1.82, 2.24) is 24.9 Å². The van der Waals surface area contributed by atoms with Crippen LogP contribution in [0.2, 0.25) is 10.0 Å². The van der Waals surface area contributed by atoms with E-state index in [0.717, 1.165) is 22.2 Å². The topological polar surface area (TPSA) is 86.3 Å². The van der Waals surface area contributed by atoms with Gasteiger partial charge in [0.05, 0.1) is 46.0 Å². The highest BCUT2D eigenvalue weighted by Gasteiger charge is 2.33. The summed E-state index contributed by atoms with van der Waals surface area (Å²) in [5.41, 5.74) is 6.33. The maximum atomic E-state index is 14.0. The SMILES string of the molecule is Cc1nnn(C)c1-c1cc(Cl)c2c(c1Cl)C(=O)N(Cc1c(OCc3ccccc3)nc(C)c3ccoc13)CC2. The lowest BCUT2D eigenvalue weighted by Gasteiger charge is -2.31. The summed E-state index contributed by atoms with van der Waals surface area (Å²) in [5, 5.41) is 9.92. The Labute approximate surface area is 235 Å². The van der Waals surface area contributed by atoms with E-state index in [0.29, 0.717) is 69.2 Å². The van der Waals surface area contributed by atoms with Crippen molar-refractivity contribution in [1.29, 1.82) is 0 Å². The molecule has 0 fully saturated rings. The zero-order valence-electron chi connectivity index (χ0n) is 21.7. The van der Waals surface area contributed by atoms with Crippen LogP contribution in [0, 0.1) is 13.8 Å². The Kier molecular flexibility index (Phi) is 6.53. The minimum atomic E-state index is -0.216. The second kappa shape index (κ2) is 10.0. The van der Waals surface area contributed by atoms with Crippen molar-refractivity contribution in [2.24, 2.45) is 7.05 Å². The quantitative estimate of drug-likeness (QED) is 0.241. The first kappa shape index (κ1) is 25.4. The van der Waals surface area contributed by atoms with Gasteiger partial charge in [-0.3, -0.25) is 4.79 Å². The molecule has 2 aromatic carbocycles. The number of aromatic nitrogens is 4. The van der Waals surface area contributed by atoms with E-state index in [9.17, 15) is 4.79 Å². The number of benzene rings is 2. The molecule has 0 saturated carbocycles. The van der Waals surface area contributed by atoms with Crippen LogP contribution < -0.4 is 4.74 Å². The zero-order chi connectivity index (χ0) is 27.3. The number of halogens is 2. The van der Waals surface area contributed by atoms with Crippen LogP contribution in [0.1, 0.15) is 38.4 Å². The molecule has 39 heavy (non-hydrogen) atoms. The molecule has 0 unspecified atom stereocenters. The average Bonchev–Trinajstić information content (AvgIpc) is 3.55. The minimum absolute atomic E-state index is 0.216. The van der Waals surface area contributed by atoms with Crippen LogP contribution in [0.3, 0.4) is 0 Å². The third-order valence-electron chi connectivity index (χ3n) is 7.12. The molecule has 10 heteroatoms. The number of aryl methyl sites for hydroxylation is 3. The first-order chi connectivity index (χ1) is 18.8. The van der Waals surface area contributed by atoms with Gasteiger partial charge in [0.25, 0.3) is 5.91 Å². The standard InChI is InChI=1S/C29H25Cl2N5O3/c1-16-19-10-12-38-27(19)22(28(32-16)39-15-18-7-5-4-6-8-18)14-36-11-9-20-23(30)13-21(25(31)24(20)29(36)37)26-17(2)33-34-35(26)3/h4-8,10,12-13H,9,11,14-15H2,1-3H3. The number of ether oxygens (including phenoxy) is 1. The lowest BCUT2D eigenvalue weighted by Crippen LogP contribution is -2.37. The van der Waals surface area contributed by atoms with Crippen LogP contribution in [0.15, 0.2) is 53.1 Å². The van der Waals surface area contributed by atoms with Gasteiger partial charge in [-0.05, 0) is 43.5 Å². The Balaban J connectivity index is 1.38. The highest BCUT2D eigenvalue weighted by molar-refractivity contribution is 6.39. The van der Waals surface area contributed by atoms with Crippen molar-refractivity contribution >= 4 is 40.1 Å². The molecule has 0 bridgehead atoms. The van der Waals surface area contributed by atoms with Gasteiger partial charge in [0.2, 0.25) is 5.88 Å². The Morgan fingerprint density at radius 3 is 2.64 bits per heavy atom. The van der Waals surface area contributed by atoms with Crippen molar-refractivity contribution in [2.75, 3.05) is 6.54 Å². The maximum absolute atomic E-state index is 14.0. The van der Waals surface area contributed by atoms with Gasteiger partial charge in [-0.15, -0.1) is 5.10 Å². The molecule has 0 saturated heterocycles. The summed E-state index contributed by atoms with van der Waals surface area (Å²) in [6, 6.07) is 13.5. The smallest absolute Gasteiger partial charge is 0.256 e. The van der Waals surface area contributed by atoms with Crippen LogP contribution in [-0.2, 0) is 26.6 Å². The fourth-order valence-corrected chi connectivity index (χ4v) is 5.81. The molecule has 0 spiro atoms. The molecule has 4 heterocycles. The van der Waals surface area contributed by atoms with Crippen LogP contribution in [0.4, 0.5) is 0 Å². The van der Waals surface area contributed by atoms with E-state index in [2.05, 4.69) is 10.3 Å². The predicted octanol–water partition coefficient (Wildman–Crippen LogP) is 6.32. The lowest BCUT2D eigenvalue weighted by molar-refractivity contribution is 0.0725. The molecule has 1 aliphatic heterocycles. The second-order valence-corrected chi connectivity index (χ2v) is 10.4. The van der Waals surface area contributed by atoms with E-state index in [1.807, 2.05) is 50.2 Å². The number of fused-ring (bicyclic) bond motifs is 2. The number of carbonyl (C=O) groups excluding carboxylic acids is 1. The van der Waals surface area contributed by atoms with Crippen molar-refractivity contribution in [2.45, 2.75) is 33.4 Å². The molecule has 198 valence electrons. The van der Waals surface area contributed by atoms with E-state index in [4.69, 9.17) is 37.3 Å². The summed E-state index contributed by atoms with van der Waals surface area (Å²) in [6.07, 6.45) is 2.19. The summed E-state index contributed by atoms with van der Waals surface area (Å²) < 4.78 is 13.7. The van der Waals surface area contributed by atoms with Gasteiger partial charge in [-0.25, -0.2) is 9.67 Å². The number of furan rings is 1. The summed E-state index contributed by atoms with van der Waals surface area (Å²) in [4.78, 5) is 20.5. The monoisotopic (exact) mass is 561 g/mol. The van der Waals surface area contributed by atoms with E-state index in [1.54, 1.807) is 29.0 Å². The van der Waals surface area contributed by atoms with Gasteiger partial charge in [0, 0.05) is 29.6 Å². The summed E-state index contributed by atoms with van der Waals surface area (Å²) in [6.45, 7) is 4.80. The van der Waals surface area contributed by atoms with E-state index < -0.39 is 0 Å². The average molecular weight is 562 g/mol. The first-order valence-electron chi connectivity index (χ1n) is 12.5. The highest BCUT2D eigenvalue weighted by Crippen LogP contribution is 2.41. The van der Waals surface area contributed by atoms with Gasteiger partial charge < -0.3 is 14.1 Å². The van der Waals surface area contributed by atoms with Gasteiger partial charge in [-0.2, -0.15) is 0 Å². The molecule has 8 nitrogen and oxygen atoms in total. The number of nitrogens with zero attached hydrogens (tertiary/aromatic N) is 5. The molecular weight excluding hydrogens is 537 g/mol. The Hall–Kier alpha value is -3.88. The lowest BCUT2D eigenvalue weighted by atomic mass is 9.94. The predicted molar refractivity (Wildman–Crippen MR) is 149 cm³/mol. The molecule has 0 radical (unpaired) electrons. The third kappa shape index (κ3) is 4.43. The molecule has 1 amide bonds. The van der Waals surface area contributed by atoms with Crippen LogP contribution in [-0.4, -0.2) is 37.3 Å². The van der Waals surface area contributed by atoms with Crippen LogP contribution in [0.5, 0.6) is 5.88 Å². The Bertz CT molecular complexity index is 1710. The summed E-state index contributed by atoms with van der Waals surface area (Å²) in [7, 11) is 1.78. The molecule has 3 aromatic heterocycles. The number of hydrogen-bond acceptors (Lipinski definition) is 6. The normalized spacial score (nSPS) is 13.3. The van der Waals surface area contributed by atoms with Crippen LogP contribution in [0.25, 0.3) is 22.2 Å². The summed E-state index contributed by atoms with van der Waals surface area (Å²) in [5.74, 6) is 0.221. The molecule has 0 atom stereocenters. The molecule has 0 aliphatic carbocycles.